The van der Waals surface area contributed by atoms with Crippen molar-refractivity contribution in [2.45, 2.75) is 24.5 Å². The van der Waals surface area contributed by atoms with Crippen molar-refractivity contribution in [1.82, 2.24) is 0 Å². The van der Waals surface area contributed by atoms with Crippen LogP contribution in [-0.4, -0.2) is 5.78 Å². The van der Waals surface area contributed by atoms with E-state index in [4.69, 9.17) is 34.8 Å². The second-order valence-corrected chi connectivity index (χ2v) is 12.7. The molecule has 7 heteroatoms. The molecule has 0 fully saturated rings. The van der Waals surface area contributed by atoms with Crippen molar-refractivity contribution in [3.8, 4) is 0 Å². The molecule has 0 saturated carbocycles. The van der Waals surface area contributed by atoms with Crippen LogP contribution in [-0.2, 0) is 10.9 Å². The summed E-state index contributed by atoms with van der Waals surface area (Å²) in [6.45, 7) is 0. The molecule has 0 unspecified atom stereocenters. The van der Waals surface area contributed by atoms with Crippen molar-refractivity contribution in [2.75, 3.05) is 0 Å². The van der Waals surface area contributed by atoms with Crippen LogP contribution >= 0.6 is 46.6 Å². The molecule has 0 amide bonds. The summed E-state index contributed by atoms with van der Waals surface area (Å²) in [6, 6.07) is 34.9. The lowest BCUT2D eigenvalue weighted by Crippen LogP contribution is -2.04. The molecule has 38 heavy (non-hydrogen) atoms. The van der Waals surface area contributed by atoms with Gasteiger partial charge in [0.05, 0.1) is 15.9 Å². The monoisotopic (exact) mass is 595 g/mol. The average Bonchev–Trinajstić information content (AvgIpc) is 2.93. The molecule has 0 heterocycles. The Hall–Kier alpha value is -2.73. The number of halogens is 4. The fourth-order valence-electron chi connectivity index (χ4n) is 3.81. The molecule has 0 aromatic heterocycles. The van der Waals surface area contributed by atoms with Crippen LogP contribution in [0.15, 0.2) is 140 Å². The molecule has 5 aromatic rings. The van der Waals surface area contributed by atoms with Crippen LogP contribution in [0.2, 0.25) is 15.1 Å². The largest absolute Gasteiger partial charge is 0.289 e. The van der Waals surface area contributed by atoms with Gasteiger partial charge in [-0.3, -0.25) is 4.79 Å². The Morgan fingerprint density at radius 3 is 1.58 bits per heavy atom. The molecular formula is C31H19Cl3FOS2+. The van der Waals surface area contributed by atoms with Crippen LogP contribution in [0.1, 0.15) is 15.9 Å². The van der Waals surface area contributed by atoms with Gasteiger partial charge in [0.25, 0.3) is 0 Å². The second kappa shape index (κ2) is 12.0. The maximum atomic E-state index is 13.2. The van der Waals surface area contributed by atoms with Crippen molar-refractivity contribution in [2.24, 2.45) is 0 Å². The van der Waals surface area contributed by atoms with E-state index in [-0.39, 0.29) is 22.5 Å². The van der Waals surface area contributed by atoms with Crippen LogP contribution in [0.4, 0.5) is 4.39 Å². The van der Waals surface area contributed by atoms with Gasteiger partial charge in [0.1, 0.15) is 5.82 Å². The van der Waals surface area contributed by atoms with E-state index in [1.54, 1.807) is 12.1 Å². The van der Waals surface area contributed by atoms with Crippen LogP contribution in [0, 0.1) is 5.82 Å². The molecule has 0 radical (unpaired) electrons. The van der Waals surface area contributed by atoms with E-state index in [1.165, 1.54) is 36.0 Å². The van der Waals surface area contributed by atoms with Crippen LogP contribution in [0.25, 0.3) is 0 Å². The number of hydrogen-bond acceptors (Lipinski definition) is 2. The highest BCUT2D eigenvalue weighted by molar-refractivity contribution is 7.99. The highest BCUT2D eigenvalue weighted by atomic mass is 35.5. The first kappa shape index (κ1) is 26.9. The molecule has 5 aromatic carbocycles. The van der Waals surface area contributed by atoms with Crippen molar-refractivity contribution in [3.63, 3.8) is 0 Å². The van der Waals surface area contributed by atoms with E-state index in [1.807, 2.05) is 30.3 Å². The lowest BCUT2D eigenvalue weighted by atomic mass is 10.0. The summed E-state index contributed by atoms with van der Waals surface area (Å²) in [7, 11) is -0.332. The highest BCUT2D eigenvalue weighted by Gasteiger charge is 2.28. The second-order valence-electron chi connectivity index (χ2n) is 8.27. The molecule has 0 aliphatic heterocycles. The molecular weight excluding hydrogens is 578 g/mol. The third kappa shape index (κ3) is 6.28. The van der Waals surface area contributed by atoms with Gasteiger partial charge >= 0.3 is 0 Å². The maximum Gasteiger partial charge on any atom is 0.193 e. The Morgan fingerprint density at radius 1 is 0.605 bits per heavy atom. The number of hydrogen-bond donors (Lipinski definition) is 0. The molecule has 0 aliphatic carbocycles. The third-order valence-corrected chi connectivity index (χ3v) is 9.93. The lowest BCUT2D eigenvalue weighted by molar-refractivity contribution is 0.103. The van der Waals surface area contributed by atoms with Gasteiger partial charge < -0.3 is 0 Å². The molecule has 0 aliphatic rings. The van der Waals surface area contributed by atoms with E-state index >= 15 is 0 Å². The zero-order valence-corrected chi connectivity index (χ0v) is 23.6. The molecule has 0 spiro atoms. The van der Waals surface area contributed by atoms with Crippen LogP contribution in [0.3, 0.4) is 0 Å². The van der Waals surface area contributed by atoms with Crippen LogP contribution in [0.5, 0.6) is 0 Å². The predicted octanol–water partition coefficient (Wildman–Crippen LogP) is 10.3. The van der Waals surface area contributed by atoms with Gasteiger partial charge in [0.2, 0.25) is 0 Å². The molecule has 0 N–H and O–H groups in total. The van der Waals surface area contributed by atoms with E-state index in [0.717, 1.165) is 24.5 Å². The lowest BCUT2D eigenvalue weighted by Gasteiger charge is -2.10. The summed E-state index contributed by atoms with van der Waals surface area (Å²) in [5.74, 6) is -0.588. The van der Waals surface area contributed by atoms with E-state index < -0.39 is 0 Å². The van der Waals surface area contributed by atoms with E-state index in [9.17, 15) is 9.18 Å². The number of ketones is 1. The van der Waals surface area contributed by atoms with E-state index in [2.05, 4.69) is 48.5 Å². The summed E-state index contributed by atoms with van der Waals surface area (Å²) < 4.78 is 13.2. The zero-order valence-electron chi connectivity index (χ0n) is 19.7. The first-order valence-electron chi connectivity index (χ1n) is 11.5. The van der Waals surface area contributed by atoms with Gasteiger partial charge in [0.15, 0.2) is 20.5 Å². The first-order valence-corrected chi connectivity index (χ1v) is 14.7. The quantitative estimate of drug-likeness (QED) is 0.137. The molecule has 188 valence electrons. The summed E-state index contributed by atoms with van der Waals surface area (Å²) >= 11 is 20.4. The van der Waals surface area contributed by atoms with Crippen molar-refractivity contribution in [1.29, 1.82) is 0 Å². The van der Waals surface area contributed by atoms with Crippen molar-refractivity contribution >= 4 is 63.2 Å². The smallest absolute Gasteiger partial charge is 0.193 e. The van der Waals surface area contributed by atoms with Gasteiger partial charge in [-0.1, -0.05) is 46.6 Å². The summed E-state index contributed by atoms with van der Waals surface area (Å²) in [5.41, 5.74) is 0.867. The summed E-state index contributed by atoms with van der Waals surface area (Å²) in [6.07, 6.45) is 0. The Bertz CT molecular complexity index is 1530. The summed E-state index contributed by atoms with van der Waals surface area (Å²) in [4.78, 5) is 18.1. The minimum absolute atomic E-state index is 0.204. The zero-order chi connectivity index (χ0) is 26.6. The maximum absolute atomic E-state index is 13.2. The minimum atomic E-state index is -0.384. The Balaban J connectivity index is 1.38. The average molecular weight is 597 g/mol. The van der Waals surface area contributed by atoms with Gasteiger partial charge in [-0.2, -0.15) is 0 Å². The summed E-state index contributed by atoms with van der Waals surface area (Å²) in [5, 5.41) is 1.87. The Labute approximate surface area is 242 Å². The molecule has 1 nitrogen and oxygen atoms in total. The van der Waals surface area contributed by atoms with Gasteiger partial charge in [-0.05, 0) is 115 Å². The normalized spacial score (nSPS) is 11.1. The SMILES string of the molecule is O=C(c1ccc(F)cc1)c1ccc(Sc2ccc([S+](c3ccc(Cl)cc3)c3ccc(Cl)cc3)cc2)c(Cl)c1. The van der Waals surface area contributed by atoms with Gasteiger partial charge in [-0.15, -0.1) is 0 Å². The number of benzene rings is 5. The highest BCUT2D eigenvalue weighted by Crippen LogP contribution is 2.37. The molecule has 5 rings (SSSR count). The fraction of sp³-hybridized carbons (Fsp3) is 0. The number of carbonyl (C=O) groups is 1. The van der Waals surface area contributed by atoms with Crippen LogP contribution < -0.4 is 0 Å². The predicted molar refractivity (Wildman–Crippen MR) is 157 cm³/mol. The topological polar surface area (TPSA) is 17.1 Å². The van der Waals surface area contributed by atoms with Gasteiger partial charge in [0, 0.05) is 31.0 Å². The molecule has 0 atom stereocenters. The van der Waals surface area contributed by atoms with Gasteiger partial charge in [-0.25, -0.2) is 4.39 Å². The fourth-order valence-corrected chi connectivity index (χ4v) is 7.22. The first-order chi connectivity index (χ1) is 18.4. The van der Waals surface area contributed by atoms with E-state index in [0.29, 0.717) is 26.2 Å². The molecule has 0 bridgehead atoms. The minimum Gasteiger partial charge on any atom is -0.289 e. The standard InChI is InChI=1S/C31H19Cl3FOS2/c32-22-4-12-26(13-5-22)38(27-14-6-23(33)7-15-27)28-16-10-25(11-17-28)37-30-18-3-21(19-29(30)34)31(36)20-1-8-24(35)9-2-20/h1-19H/q+1. The van der Waals surface area contributed by atoms with Crippen molar-refractivity contribution in [3.05, 3.63) is 147 Å². The Morgan fingerprint density at radius 2 is 1.08 bits per heavy atom. The third-order valence-electron chi connectivity index (χ3n) is 5.69. The number of rotatable bonds is 7. The Kier molecular flexibility index (Phi) is 8.47. The van der Waals surface area contributed by atoms with Crippen molar-refractivity contribution < 1.29 is 9.18 Å². The number of carbonyl (C=O) groups excluding carboxylic acids is 1. The molecule has 0 saturated heterocycles.